The number of benzene rings is 2. The van der Waals surface area contributed by atoms with Gasteiger partial charge in [0, 0.05) is 43.1 Å². The molecule has 1 unspecified atom stereocenters. The zero-order valence-electron chi connectivity index (χ0n) is 30.8. The van der Waals surface area contributed by atoms with Crippen molar-refractivity contribution in [2.45, 2.75) is 80.2 Å². The van der Waals surface area contributed by atoms with Crippen LogP contribution in [0.3, 0.4) is 0 Å². The minimum absolute atomic E-state index is 0.0340. The van der Waals surface area contributed by atoms with Crippen molar-refractivity contribution in [3.05, 3.63) is 64.5 Å². The lowest BCUT2D eigenvalue weighted by Gasteiger charge is -2.59. The summed E-state index contributed by atoms with van der Waals surface area (Å²) in [4.78, 5) is 42.9. The number of hydrogen-bond acceptors (Lipinski definition) is 6. The Hall–Kier alpha value is -2.85. The molecule has 1 N–H and O–H groups in total. The van der Waals surface area contributed by atoms with Crippen LogP contribution in [0.5, 0.6) is 5.75 Å². The van der Waals surface area contributed by atoms with Gasteiger partial charge in [-0.3, -0.25) is 14.5 Å². The normalized spacial score (nSPS) is 18.0. The maximum Gasteiger partial charge on any atom is 0.235 e. The third kappa shape index (κ3) is 7.59. The Labute approximate surface area is 286 Å². The number of aldehydes is 1. The Morgan fingerprint density at radius 2 is 1.64 bits per heavy atom. The maximum atomic E-state index is 15.5. The fourth-order valence-electron chi connectivity index (χ4n) is 7.45. The number of aryl methyl sites for hydroxylation is 1. The molecule has 2 aromatic carbocycles. The lowest BCUT2D eigenvalue weighted by Crippen LogP contribution is -2.73. The number of morpholine rings is 1. The van der Waals surface area contributed by atoms with Gasteiger partial charge in [0.2, 0.25) is 12.3 Å². The van der Waals surface area contributed by atoms with Gasteiger partial charge in [-0.25, -0.2) is 4.39 Å². The van der Waals surface area contributed by atoms with Crippen molar-refractivity contribution < 1.29 is 28.2 Å². The lowest BCUT2D eigenvalue weighted by molar-refractivity contribution is -0.182. The molecule has 1 heterocycles. The number of halogens is 1. The summed E-state index contributed by atoms with van der Waals surface area (Å²) in [5, 5.41) is -0.357. The van der Waals surface area contributed by atoms with Crippen LogP contribution >= 0.6 is 0 Å². The van der Waals surface area contributed by atoms with E-state index in [1.165, 1.54) is 11.9 Å². The third-order valence-electron chi connectivity index (χ3n) is 10.5. The zero-order chi connectivity index (χ0) is 35.8. The molecule has 2 aromatic rings. The number of ether oxygens (including phenoxy) is 2. The fraction of sp³-hybridized carbons (Fsp3) is 0.516. The number of hydrogen-bond donors (Lipinski definition) is 1. The van der Waals surface area contributed by atoms with Gasteiger partial charge in [0.05, 0.1) is 16.6 Å². The third-order valence-corrected chi connectivity index (χ3v) is 10.5. The number of carbonyl (C=O) groups excluding carboxylic acids is 3. The van der Waals surface area contributed by atoms with Gasteiger partial charge in [-0.2, -0.15) is 0 Å². The average molecular weight is 638 g/mol. The number of nitrogens with zero attached hydrogens (tertiary/aromatic N) is 2. The van der Waals surface area contributed by atoms with Crippen molar-refractivity contribution in [3.8, 4) is 5.75 Å². The zero-order valence-corrected chi connectivity index (χ0v) is 30.8. The van der Waals surface area contributed by atoms with Gasteiger partial charge >= 0.3 is 0 Å². The average Bonchev–Trinajstić information content (AvgIpc) is 2.94. The fourth-order valence-corrected chi connectivity index (χ4v) is 7.45. The predicted octanol–water partition coefficient (Wildman–Crippen LogP) is -3.02. The standard InChI is InChI=1S/C31H49B7FN3O5/c1-19-8-7-9-23(24(19)30(35,36)42(18-44)29(34,25(45)40-6)31(37,38)28(32,33)17-43)46-14-21-11-10-20(12-22(21)39)13-41-15-26(2,3)47-27(4,5)16-41/h7-12,17-18H,13-16,32-38H2,1-6H3,(H,40,45). The molecule has 0 saturated carbocycles. The Balaban J connectivity index is 1.96. The van der Waals surface area contributed by atoms with Gasteiger partial charge < -0.3 is 24.5 Å². The smallest absolute Gasteiger partial charge is 0.235 e. The molecule has 246 valence electrons. The largest absolute Gasteiger partial charge is 0.488 e. The highest BCUT2D eigenvalue weighted by Gasteiger charge is 2.59. The second kappa shape index (κ2) is 13.6. The molecule has 47 heavy (non-hydrogen) atoms. The van der Waals surface area contributed by atoms with E-state index in [0.717, 1.165) is 30.5 Å². The van der Waals surface area contributed by atoms with Gasteiger partial charge in [0.1, 0.15) is 79.4 Å². The van der Waals surface area contributed by atoms with Gasteiger partial charge in [-0.1, -0.05) is 29.5 Å². The van der Waals surface area contributed by atoms with Crippen LogP contribution in [0.15, 0.2) is 36.4 Å². The summed E-state index contributed by atoms with van der Waals surface area (Å²) in [5.41, 5.74) is 0.709. The summed E-state index contributed by atoms with van der Waals surface area (Å²) in [6, 6.07) is 10.8. The number of nitrogens with one attached hydrogen (secondary N) is 1. The molecule has 1 aliphatic heterocycles. The molecule has 1 aliphatic rings. The number of likely N-dealkylation sites (N-methyl/N-ethyl adjacent to an activating group) is 1. The molecule has 0 bridgehead atoms. The van der Waals surface area contributed by atoms with E-state index in [1.807, 2.05) is 56.5 Å². The molecule has 0 radical (unpaired) electrons. The monoisotopic (exact) mass is 639 g/mol. The first-order valence-electron chi connectivity index (χ1n) is 16.4. The second-order valence-corrected chi connectivity index (χ2v) is 16.1. The topological polar surface area (TPSA) is 88.2 Å². The van der Waals surface area contributed by atoms with Crippen molar-refractivity contribution in [1.82, 2.24) is 15.1 Å². The number of amides is 2. The number of rotatable bonds is 13. The first-order valence-corrected chi connectivity index (χ1v) is 16.4. The Kier molecular flexibility index (Phi) is 11.2. The van der Waals surface area contributed by atoms with Crippen LogP contribution in [0, 0.1) is 12.7 Å². The molecule has 0 aliphatic carbocycles. The summed E-state index contributed by atoms with van der Waals surface area (Å²) in [7, 11) is 14.1. The highest BCUT2D eigenvalue weighted by atomic mass is 19.1. The van der Waals surface area contributed by atoms with Crippen molar-refractivity contribution in [2.75, 3.05) is 20.1 Å². The molecule has 1 atom stereocenters. The SMILES string of the molecule is BC(B)(c1c(C)cccc1OCc1ccc(CN2CC(C)(C)OC(C)(C)C2)cc1F)N(C=O)C(B)(C(=O)NC)C(B)(B)C(B)(B)C=O. The number of carbonyl (C=O) groups is 3. The molecule has 8 nitrogen and oxygen atoms in total. The predicted molar refractivity (Wildman–Crippen MR) is 204 cm³/mol. The summed E-state index contributed by atoms with van der Waals surface area (Å²) in [6.07, 6.45) is 1.50. The van der Waals surface area contributed by atoms with Gasteiger partial charge in [-0.05, 0) is 63.1 Å². The molecule has 1 fully saturated rings. The summed E-state index contributed by atoms with van der Waals surface area (Å²) < 4.78 is 28.0. The van der Waals surface area contributed by atoms with E-state index in [-0.39, 0.29) is 23.6 Å². The molecular weight excluding hydrogens is 589 g/mol. The minimum atomic E-state index is -1.47. The first kappa shape index (κ1) is 38.6. The van der Waals surface area contributed by atoms with E-state index in [0.29, 0.717) is 29.8 Å². The quantitative estimate of drug-likeness (QED) is 0.186. The summed E-state index contributed by atoms with van der Waals surface area (Å²) in [5.74, 6) is -0.294. The second-order valence-electron chi connectivity index (χ2n) is 16.1. The van der Waals surface area contributed by atoms with Crippen molar-refractivity contribution >= 4 is 73.5 Å². The van der Waals surface area contributed by atoms with Crippen LogP contribution < -0.4 is 10.1 Å². The highest BCUT2D eigenvalue weighted by Crippen LogP contribution is 2.52. The van der Waals surface area contributed by atoms with E-state index in [4.69, 9.17) is 9.47 Å². The highest BCUT2D eigenvalue weighted by molar-refractivity contribution is 6.63. The van der Waals surface area contributed by atoms with E-state index in [1.54, 1.807) is 41.7 Å². The molecule has 16 heteroatoms. The molecule has 0 aromatic heterocycles. The van der Waals surface area contributed by atoms with Crippen LogP contribution in [0.4, 0.5) is 4.39 Å². The van der Waals surface area contributed by atoms with Gasteiger partial charge in [0.15, 0.2) is 0 Å². The summed E-state index contributed by atoms with van der Waals surface area (Å²) >= 11 is 0. The molecule has 1 saturated heterocycles. The minimum Gasteiger partial charge on any atom is -0.488 e. The van der Waals surface area contributed by atoms with Crippen molar-refractivity contribution in [1.29, 1.82) is 0 Å². The molecule has 2 amide bonds. The lowest BCUT2D eigenvalue weighted by atomic mass is 9.22. The Morgan fingerprint density at radius 1 is 1.04 bits per heavy atom. The van der Waals surface area contributed by atoms with E-state index >= 15 is 4.39 Å². The van der Waals surface area contributed by atoms with Crippen molar-refractivity contribution in [2.24, 2.45) is 0 Å². The van der Waals surface area contributed by atoms with E-state index in [9.17, 15) is 14.4 Å². The van der Waals surface area contributed by atoms with Crippen molar-refractivity contribution in [3.63, 3.8) is 0 Å². The van der Waals surface area contributed by atoms with Gasteiger partial charge in [0.25, 0.3) is 0 Å². The van der Waals surface area contributed by atoms with Crippen LogP contribution in [-0.2, 0) is 37.6 Å². The van der Waals surface area contributed by atoms with E-state index in [2.05, 4.69) is 37.9 Å². The van der Waals surface area contributed by atoms with Crippen LogP contribution in [-0.4, -0.2) is 120 Å². The molecule has 0 spiro atoms. The summed E-state index contributed by atoms with van der Waals surface area (Å²) in [6.45, 7) is 12.3. The first-order chi connectivity index (χ1) is 21.5. The van der Waals surface area contributed by atoms with Crippen LogP contribution in [0.25, 0.3) is 0 Å². The molecule has 3 rings (SSSR count). The van der Waals surface area contributed by atoms with Crippen LogP contribution in [0.1, 0.15) is 49.9 Å². The maximum absolute atomic E-state index is 15.5. The molecular formula is C31H49B7FN3O5. The Bertz CT molecular complexity index is 1490. The van der Waals surface area contributed by atoms with E-state index < -0.39 is 27.1 Å². The van der Waals surface area contributed by atoms with Crippen LogP contribution in [0.2, 0.25) is 10.4 Å². The van der Waals surface area contributed by atoms with Gasteiger partial charge in [-0.15, -0.1) is 0 Å². The Morgan fingerprint density at radius 3 is 2.15 bits per heavy atom.